The predicted octanol–water partition coefficient (Wildman–Crippen LogP) is 1.61. The van der Waals surface area contributed by atoms with Crippen LogP contribution in [0.3, 0.4) is 0 Å². The van der Waals surface area contributed by atoms with Gasteiger partial charge >= 0.3 is 6.18 Å². The molecule has 0 aromatic carbocycles. The van der Waals surface area contributed by atoms with E-state index < -0.39 is 30.0 Å². The zero-order chi connectivity index (χ0) is 14.6. The van der Waals surface area contributed by atoms with Gasteiger partial charge in [0, 0.05) is 5.92 Å². The van der Waals surface area contributed by atoms with Crippen molar-refractivity contribution in [3.05, 3.63) is 0 Å². The average molecular weight is 281 g/mol. The van der Waals surface area contributed by atoms with Crippen LogP contribution in [0.4, 0.5) is 13.2 Å². The molecule has 0 saturated heterocycles. The number of halogens is 3. The Labute approximate surface area is 109 Å². The highest BCUT2D eigenvalue weighted by Crippen LogP contribution is 2.41. The SMILES string of the molecule is CC(NC(=O)C1CCCCC1C(F)(F)F)C(N)=NO. The van der Waals surface area contributed by atoms with Crippen molar-refractivity contribution in [2.75, 3.05) is 0 Å². The number of nitrogens with one attached hydrogen (secondary N) is 1. The van der Waals surface area contributed by atoms with Gasteiger partial charge in [0.1, 0.15) is 0 Å². The van der Waals surface area contributed by atoms with Gasteiger partial charge in [0.15, 0.2) is 5.84 Å². The van der Waals surface area contributed by atoms with E-state index in [0.717, 1.165) is 0 Å². The maximum Gasteiger partial charge on any atom is 0.392 e. The van der Waals surface area contributed by atoms with Gasteiger partial charge in [-0.3, -0.25) is 4.79 Å². The Morgan fingerprint density at radius 2 is 2.00 bits per heavy atom. The number of amidine groups is 1. The molecule has 0 aromatic rings. The second-order valence-electron chi connectivity index (χ2n) is 4.79. The number of carbonyl (C=O) groups excluding carboxylic acids is 1. The highest BCUT2D eigenvalue weighted by atomic mass is 19.4. The molecule has 5 nitrogen and oxygen atoms in total. The minimum absolute atomic E-state index is 0.0282. The third-order valence-electron chi connectivity index (χ3n) is 3.44. The molecule has 8 heteroatoms. The lowest BCUT2D eigenvalue weighted by molar-refractivity contribution is -0.198. The predicted molar refractivity (Wildman–Crippen MR) is 62.5 cm³/mol. The van der Waals surface area contributed by atoms with Gasteiger partial charge in [-0.2, -0.15) is 13.2 Å². The first-order valence-electron chi connectivity index (χ1n) is 6.12. The molecule has 0 aromatic heterocycles. The minimum atomic E-state index is -4.37. The Morgan fingerprint density at radius 1 is 1.42 bits per heavy atom. The second kappa shape index (κ2) is 6.12. The summed E-state index contributed by atoms with van der Waals surface area (Å²) in [5, 5.41) is 13.5. The molecule has 3 atom stereocenters. The van der Waals surface area contributed by atoms with Gasteiger partial charge in [-0.25, -0.2) is 0 Å². The first-order chi connectivity index (χ1) is 8.77. The highest BCUT2D eigenvalue weighted by Gasteiger charge is 2.48. The lowest BCUT2D eigenvalue weighted by atomic mass is 9.78. The monoisotopic (exact) mass is 281 g/mol. The molecule has 0 bridgehead atoms. The van der Waals surface area contributed by atoms with Crippen molar-refractivity contribution in [3.8, 4) is 0 Å². The fraction of sp³-hybridized carbons (Fsp3) is 0.818. The Morgan fingerprint density at radius 3 is 2.53 bits per heavy atom. The molecule has 19 heavy (non-hydrogen) atoms. The van der Waals surface area contributed by atoms with Crippen molar-refractivity contribution in [1.29, 1.82) is 0 Å². The molecule has 1 saturated carbocycles. The third-order valence-corrected chi connectivity index (χ3v) is 3.44. The van der Waals surface area contributed by atoms with E-state index in [2.05, 4.69) is 10.5 Å². The molecular weight excluding hydrogens is 263 g/mol. The molecule has 0 spiro atoms. The zero-order valence-electron chi connectivity index (χ0n) is 10.6. The van der Waals surface area contributed by atoms with Crippen LogP contribution >= 0.6 is 0 Å². The molecule has 0 radical (unpaired) electrons. The van der Waals surface area contributed by atoms with E-state index in [1.165, 1.54) is 6.92 Å². The van der Waals surface area contributed by atoms with Crippen molar-refractivity contribution in [2.24, 2.45) is 22.7 Å². The van der Waals surface area contributed by atoms with Crippen molar-refractivity contribution in [3.63, 3.8) is 0 Å². The van der Waals surface area contributed by atoms with Crippen molar-refractivity contribution >= 4 is 11.7 Å². The Kier molecular flexibility index (Phi) is 5.02. The molecule has 1 aliphatic carbocycles. The molecule has 1 rings (SSSR count). The van der Waals surface area contributed by atoms with Crippen LogP contribution in [0.1, 0.15) is 32.6 Å². The van der Waals surface area contributed by atoms with Crippen LogP contribution in [0.15, 0.2) is 5.16 Å². The van der Waals surface area contributed by atoms with Gasteiger partial charge in [0.25, 0.3) is 0 Å². The van der Waals surface area contributed by atoms with E-state index in [4.69, 9.17) is 10.9 Å². The molecule has 3 unspecified atom stereocenters. The number of alkyl halides is 3. The molecule has 1 aliphatic rings. The van der Waals surface area contributed by atoms with Gasteiger partial charge in [-0.05, 0) is 19.8 Å². The summed E-state index contributed by atoms with van der Waals surface area (Å²) < 4.78 is 38.5. The number of amides is 1. The highest BCUT2D eigenvalue weighted by molar-refractivity contribution is 5.90. The largest absolute Gasteiger partial charge is 0.409 e. The summed E-state index contributed by atoms with van der Waals surface area (Å²) in [6, 6.07) is -0.798. The van der Waals surface area contributed by atoms with Crippen molar-refractivity contribution in [2.45, 2.75) is 44.8 Å². The van der Waals surface area contributed by atoms with Gasteiger partial charge in [0.05, 0.1) is 12.0 Å². The summed E-state index contributed by atoms with van der Waals surface area (Å²) in [5.74, 6) is -3.64. The molecule has 0 aliphatic heterocycles. The van der Waals surface area contributed by atoms with E-state index in [0.29, 0.717) is 12.8 Å². The maximum atomic E-state index is 12.8. The maximum absolute atomic E-state index is 12.8. The number of rotatable bonds is 3. The first-order valence-corrected chi connectivity index (χ1v) is 6.12. The van der Waals surface area contributed by atoms with Crippen LogP contribution in [0.25, 0.3) is 0 Å². The fourth-order valence-electron chi connectivity index (χ4n) is 2.32. The number of carbonyl (C=O) groups is 1. The summed E-state index contributed by atoms with van der Waals surface area (Å²) in [7, 11) is 0. The smallest absolute Gasteiger partial charge is 0.392 e. The van der Waals surface area contributed by atoms with Crippen LogP contribution in [-0.2, 0) is 4.79 Å². The summed E-state index contributed by atoms with van der Waals surface area (Å²) >= 11 is 0. The summed E-state index contributed by atoms with van der Waals surface area (Å²) in [4.78, 5) is 11.9. The Hall–Kier alpha value is -1.47. The first kappa shape index (κ1) is 15.6. The van der Waals surface area contributed by atoms with Crippen LogP contribution in [-0.4, -0.2) is 29.2 Å². The minimum Gasteiger partial charge on any atom is -0.409 e. The van der Waals surface area contributed by atoms with Crippen molar-refractivity contribution < 1.29 is 23.2 Å². The van der Waals surface area contributed by atoms with Gasteiger partial charge in [0.2, 0.25) is 5.91 Å². The molecule has 4 N–H and O–H groups in total. The van der Waals surface area contributed by atoms with Crippen LogP contribution in [0, 0.1) is 11.8 Å². The van der Waals surface area contributed by atoms with Crippen molar-refractivity contribution in [1.82, 2.24) is 5.32 Å². The van der Waals surface area contributed by atoms with Crippen LogP contribution < -0.4 is 11.1 Å². The fourth-order valence-corrected chi connectivity index (χ4v) is 2.32. The van der Waals surface area contributed by atoms with Gasteiger partial charge < -0.3 is 16.3 Å². The normalized spacial score (nSPS) is 26.8. The van der Waals surface area contributed by atoms with E-state index in [-0.39, 0.29) is 18.7 Å². The number of oxime groups is 1. The number of nitrogens with two attached hydrogens (primary N) is 1. The van der Waals surface area contributed by atoms with E-state index in [1.54, 1.807) is 0 Å². The average Bonchev–Trinajstić information content (AvgIpc) is 2.36. The molecule has 110 valence electrons. The topological polar surface area (TPSA) is 87.7 Å². The lowest BCUT2D eigenvalue weighted by Crippen LogP contribution is -2.48. The lowest BCUT2D eigenvalue weighted by Gasteiger charge is -2.32. The number of nitrogens with zero attached hydrogens (tertiary/aromatic N) is 1. The number of hydrogen-bond acceptors (Lipinski definition) is 3. The third kappa shape index (κ3) is 4.00. The number of hydrogen-bond donors (Lipinski definition) is 3. The zero-order valence-corrected chi connectivity index (χ0v) is 10.6. The van der Waals surface area contributed by atoms with Crippen LogP contribution in [0.2, 0.25) is 0 Å². The Bertz CT molecular complexity index is 358. The van der Waals surface area contributed by atoms with E-state index >= 15 is 0 Å². The quantitative estimate of drug-likeness (QED) is 0.318. The standard InChI is InChI=1S/C11H18F3N3O2/c1-6(9(15)17-19)16-10(18)7-4-2-3-5-8(7)11(12,13)14/h6-8,19H,2-5H2,1H3,(H2,15,17)(H,16,18). The van der Waals surface area contributed by atoms with Crippen LogP contribution in [0.5, 0.6) is 0 Å². The summed E-state index contributed by atoms with van der Waals surface area (Å²) in [6.07, 6.45) is -3.12. The van der Waals surface area contributed by atoms with Gasteiger partial charge in [-0.1, -0.05) is 18.0 Å². The molecular formula is C11H18F3N3O2. The Balaban J connectivity index is 2.73. The molecule has 0 heterocycles. The second-order valence-corrected chi connectivity index (χ2v) is 4.79. The molecule has 1 fully saturated rings. The van der Waals surface area contributed by atoms with Gasteiger partial charge in [-0.15, -0.1) is 0 Å². The van der Waals surface area contributed by atoms with E-state index in [9.17, 15) is 18.0 Å². The summed E-state index contributed by atoms with van der Waals surface area (Å²) in [6.45, 7) is 1.44. The van der Waals surface area contributed by atoms with E-state index in [1.807, 2.05) is 0 Å². The summed E-state index contributed by atoms with van der Waals surface area (Å²) in [5.41, 5.74) is 5.28. The molecule has 1 amide bonds.